The molecule has 4 aliphatic carbocycles. The molecule has 0 N–H and O–H groups in total. The van der Waals surface area contributed by atoms with Crippen LogP contribution in [-0.2, 0) is 4.79 Å². The topological polar surface area (TPSA) is 45.7 Å². The fourth-order valence-corrected chi connectivity index (χ4v) is 7.44. The van der Waals surface area contributed by atoms with Gasteiger partial charge >= 0.3 is 0 Å². The molecular weight excluding hydrogens is 410 g/mol. The standard InChI is InChI=1S/C28H35N3O2/c1-30-7-9-31(10-8-30)27-22(14-23-15-24(33-2)4-5-25(23)29-27)3-6-26(32)28-16-19-11-20(17-28)13-21(12-19)18-28/h3-6,14-15,19-21H,7-13,16-18H2,1-2H3. The van der Waals surface area contributed by atoms with Crippen molar-refractivity contribution in [3.8, 4) is 5.75 Å². The predicted octanol–water partition coefficient (Wildman–Crippen LogP) is 4.79. The van der Waals surface area contributed by atoms with Gasteiger partial charge in [0.1, 0.15) is 11.6 Å². The molecule has 0 amide bonds. The minimum absolute atomic E-state index is 0.0905. The number of rotatable bonds is 5. The van der Waals surface area contributed by atoms with Gasteiger partial charge in [0.05, 0.1) is 12.6 Å². The Labute approximate surface area is 196 Å². The largest absolute Gasteiger partial charge is 0.497 e. The number of nitrogens with zero attached hydrogens (tertiary/aromatic N) is 3. The van der Waals surface area contributed by atoms with Crippen molar-refractivity contribution in [2.45, 2.75) is 38.5 Å². The summed E-state index contributed by atoms with van der Waals surface area (Å²) in [7, 11) is 3.86. The van der Waals surface area contributed by atoms with Crippen LogP contribution in [0.4, 0.5) is 5.82 Å². The van der Waals surface area contributed by atoms with E-state index in [0.717, 1.165) is 91.2 Å². The fourth-order valence-electron chi connectivity index (χ4n) is 7.44. The average molecular weight is 446 g/mol. The van der Waals surface area contributed by atoms with Crippen LogP contribution in [0.5, 0.6) is 5.75 Å². The minimum Gasteiger partial charge on any atom is -0.497 e. The van der Waals surface area contributed by atoms with Crippen LogP contribution >= 0.6 is 0 Å². The number of benzene rings is 1. The second-order valence-electron chi connectivity index (χ2n) is 11.1. The quantitative estimate of drug-likeness (QED) is 0.619. The van der Waals surface area contributed by atoms with Crippen molar-refractivity contribution in [2.75, 3.05) is 45.2 Å². The van der Waals surface area contributed by atoms with E-state index >= 15 is 0 Å². The van der Waals surface area contributed by atoms with Crippen LogP contribution < -0.4 is 9.64 Å². The molecule has 174 valence electrons. The SMILES string of the molecule is COc1ccc2nc(N3CCN(C)CC3)c(C=CC(=O)C34CC5CC(CC(C5)C3)C4)cc2c1. The summed E-state index contributed by atoms with van der Waals surface area (Å²) in [6.45, 7) is 3.96. The molecule has 1 saturated heterocycles. The van der Waals surface area contributed by atoms with Gasteiger partial charge in [-0.1, -0.05) is 0 Å². The van der Waals surface area contributed by atoms with E-state index in [-0.39, 0.29) is 5.41 Å². The van der Waals surface area contributed by atoms with Gasteiger partial charge in [0.2, 0.25) is 0 Å². The van der Waals surface area contributed by atoms with E-state index in [1.165, 1.54) is 19.3 Å². The Bertz CT molecular complexity index is 1060. The van der Waals surface area contributed by atoms with E-state index in [0.29, 0.717) is 5.78 Å². The van der Waals surface area contributed by atoms with Crippen molar-refractivity contribution in [3.05, 3.63) is 35.9 Å². The van der Waals surface area contributed by atoms with E-state index in [4.69, 9.17) is 9.72 Å². The van der Waals surface area contributed by atoms with Gasteiger partial charge in [-0.3, -0.25) is 4.79 Å². The van der Waals surface area contributed by atoms with E-state index in [1.54, 1.807) is 7.11 Å². The molecule has 4 saturated carbocycles. The highest BCUT2D eigenvalue weighted by Crippen LogP contribution is 2.60. The van der Waals surface area contributed by atoms with Crippen LogP contribution in [0, 0.1) is 23.2 Å². The van der Waals surface area contributed by atoms with Gasteiger partial charge in [-0.25, -0.2) is 4.98 Å². The molecule has 0 radical (unpaired) electrons. The Morgan fingerprint density at radius 3 is 2.33 bits per heavy atom. The average Bonchev–Trinajstić information content (AvgIpc) is 2.81. The van der Waals surface area contributed by atoms with Crippen molar-refractivity contribution in [1.29, 1.82) is 0 Å². The van der Waals surface area contributed by atoms with Crippen LogP contribution in [0.1, 0.15) is 44.1 Å². The number of carbonyl (C=O) groups excluding carboxylic acids is 1. The lowest BCUT2D eigenvalue weighted by Crippen LogP contribution is -2.49. The molecule has 0 spiro atoms. The number of allylic oxidation sites excluding steroid dienone is 1. The maximum atomic E-state index is 13.6. The molecule has 1 aliphatic heterocycles. The molecule has 7 rings (SSSR count). The summed E-state index contributed by atoms with van der Waals surface area (Å²) in [5, 5.41) is 1.05. The van der Waals surface area contributed by atoms with Crippen LogP contribution in [0.3, 0.4) is 0 Å². The Morgan fingerprint density at radius 1 is 1.03 bits per heavy atom. The van der Waals surface area contributed by atoms with Gasteiger partial charge in [-0.2, -0.15) is 0 Å². The number of aromatic nitrogens is 1. The molecule has 0 atom stereocenters. The van der Waals surface area contributed by atoms with Crippen molar-refractivity contribution in [3.63, 3.8) is 0 Å². The second-order valence-corrected chi connectivity index (χ2v) is 11.1. The molecule has 1 aromatic heterocycles. The number of ether oxygens (including phenoxy) is 1. The van der Waals surface area contributed by atoms with Gasteiger partial charge < -0.3 is 14.5 Å². The van der Waals surface area contributed by atoms with Crippen molar-refractivity contribution in [2.24, 2.45) is 23.2 Å². The van der Waals surface area contributed by atoms with Crippen LogP contribution in [0.25, 0.3) is 17.0 Å². The molecule has 33 heavy (non-hydrogen) atoms. The zero-order valence-electron chi connectivity index (χ0n) is 19.9. The van der Waals surface area contributed by atoms with Gasteiger partial charge in [0, 0.05) is 42.5 Å². The van der Waals surface area contributed by atoms with E-state index < -0.39 is 0 Å². The third-order valence-corrected chi connectivity index (χ3v) is 8.81. The number of pyridine rings is 1. The third-order valence-electron chi connectivity index (χ3n) is 8.81. The number of carbonyl (C=O) groups is 1. The van der Waals surface area contributed by atoms with Crippen molar-refractivity contribution < 1.29 is 9.53 Å². The number of hydrogen-bond acceptors (Lipinski definition) is 5. The molecule has 2 aromatic rings. The Morgan fingerprint density at radius 2 is 1.70 bits per heavy atom. The van der Waals surface area contributed by atoms with E-state index in [1.807, 2.05) is 24.3 Å². The monoisotopic (exact) mass is 445 g/mol. The van der Waals surface area contributed by atoms with Gasteiger partial charge in [-0.15, -0.1) is 0 Å². The number of likely N-dealkylation sites (N-methyl/N-ethyl adjacent to an activating group) is 1. The number of hydrogen-bond donors (Lipinski definition) is 0. The lowest BCUT2D eigenvalue weighted by atomic mass is 9.48. The summed E-state index contributed by atoms with van der Waals surface area (Å²) in [6, 6.07) is 8.22. The smallest absolute Gasteiger partial charge is 0.161 e. The Kier molecular flexibility index (Phi) is 5.21. The third kappa shape index (κ3) is 3.84. The van der Waals surface area contributed by atoms with Gasteiger partial charge in [-0.05, 0) is 99.7 Å². The second kappa shape index (κ2) is 8.12. The molecule has 5 nitrogen and oxygen atoms in total. The number of piperazine rings is 1. The maximum Gasteiger partial charge on any atom is 0.161 e. The summed E-state index contributed by atoms with van der Waals surface area (Å²) in [4.78, 5) is 23.4. The summed E-state index contributed by atoms with van der Waals surface area (Å²) >= 11 is 0. The van der Waals surface area contributed by atoms with E-state index in [2.05, 4.69) is 29.0 Å². The number of methoxy groups -OCH3 is 1. The van der Waals surface area contributed by atoms with Gasteiger partial charge in [0.25, 0.3) is 0 Å². The predicted molar refractivity (Wildman–Crippen MR) is 133 cm³/mol. The minimum atomic E-state index is -0.0905. The van der Waals surface area contributed by atoms with Crippen LogP contribution in [-0.4, -0.2) is 56.0 Å². The summed E-state index contributed by atoms with van der Waals surface area (Å²) in [5.74, 6) is 4.53. The zero-order valence-corrected chi connectivity index (χ0v) is 19.9. The summed E-state index contributed by atoms with van der Waals surface area (Å²) in [5.41, 5.74) is 1.92. The van der Waals surface area contributed by atoms with Crippen LogP contribution in [0.15, 0.2) is 30.3 Å². The highest BCUT2D eigenvalue weighted by molar-refractivity contribution is 5.99. The number of ketones is 1. The first-order valence-electron chi connectivity index (χ1n) is 12.7. The molecule has 5 aliphatic rings. The molecule has 5 heteroatoms. The highest BCUT2D eigenvalue weighted by atomic mass is 16.5. The summed E-state index contributed by atoms with van der Waals surface area (Å²) in [6.07, 6.45) is 11.4. The number of fused-ring (bicyclic) bond motifs is 1. The first kappa shape index (κ1) is 21.2. The molecule has 0 unspecified atom stereocenters. The van der Waals surface area contributed by atoms with Crippen LogP contribution in [0.2, 0.25) is 0 Å². The van der Waals surface area contributed by atoms with Crippen molar-refractivity contribution >= 4 is 28.6 Å². The first-order valence-corrected chi connectivity index (χ1v) is 12.7. The Balaban J connectivity index is 1.34. The molecule has 4 bridgehead atoms. The lowest BCUT2D eigenvalue weighted by molar-refractivity contribution is -0.138. The normalized spacial score (nSPS) is 31.6. The highest BCUT2D eigenvalue weighted by Gasteiger charge is 2.53. The van der Waals surface area contributed by atoms with Gasteiger partial charge in [0.15, 0.2) is 5.78 Å². The fraction of sp³-hybridized carbons (Fsp3) is 0.571. The molecular formula is C28H35N3O2. The lowest BCUT2D eigenvalue weighted by Gasteiger charge is -2.55. The summed E-state index contributed by atoms with van der Waals surface area (Å²) < 4.78 is 5.44. The number of anilines is 1. The molecule has 1 aromatic carbocycles. The van der Waals surface area contributed by atoms with E-state index in [9.17, 15) is 4.79 Å². The maximum absolute atomic E-state index is 13.6. The first-order chi connectivity index (χ1) is 16.0. The molecule has 5 fully saturated rings. The Hall–Kier alpha value is -2.40. The molecule has 2 heterocycles. The zero-order chi connectivity index (χ0) is 22.6. The van der Waals surface area contributed by atoms with Crippen molar-refractivity contribution in [1.82, 2.24) is 9.88 Å².